The lowest BCUT2D eigenvalue weighted by molar-refractivity contribution is 0.103. The second kappa shape index (κ2) is 5.47. The fourth-order valence-electron chi connectivity index (χ4n) is 2.49. The highest BCUT2D eigenvalue weighted by atomic mass is 16.5. The molecule has 0 radical (unpaired) electrons. The van der Waals surface area contributed by atoms with E-state index in [1.807, 2.05) is 42.5 Å². The van der Waals surface area contributed by atoms with Crippen molar-refractivity contribution >= 4 is 5.78 Å². The molecule has 20 heavy (non-hydrogen) atoms. The molecule has 0 aromatic heterocycles. The van der Waals surface area contributed by atoms with Gasteiger partial charge in [-0.3, -0.25) is 4.79 Å². The first-order valence-electron chi connectivity index (χ1n) is 6.79. The second-order valence-electron chi connectivity index (χ2n) is 4.93. The number of fused-ring (bicyclic) bond motifs is 2. The van der Waals surface area contributed by atoms with Gasteiger partial charge in [-0.05, 0) is 30.5 Å². The van der Waals surface area contributed by atoms with E-state index in [0.29, 0.717) is 29.9 Å². The summed E-state index contributed by atoms with van der Waals surface area (Å²) in [4.78, 5) is 12.6. The fourth-order valence-corrected chi connectivity index (χ4v) is 2.49. The van der Waals surface area contributed by atoms with E-state index in [0.717, 1.165) is 17.5 Å². The summed E-state index contributed by atoms with van der Waals surface area (Å²) in [7, 11) is 0. The molecule has 2 aromatic rings. The molecule has 1 aliphatic rings. The third-order valence-corrected chi connectivity index (χ3v) is 3.56. The van der Waals surface area contributed by atoms with E-state index in [-0.39, 0.29) is 12.4 Å². The van der Waals surface area contributed by atoms with Crippen LogP contribution in [0.25, 0.3) is 0 Å². The number of ketones is 1. The van der Waals surface area contributed by atoms with Gasteiger partial charge in [0.1, 0.15) is 12.4 Å². The van der Waals surface area contributed by atoms with Crippen LogP contribution in [0.1, 0.15) is 33.5 Å². The predicted molar refractivity (Wildman–Crippen MR) is 76.1 cm³/mol. The molecule has 0 bridgehead atoms. The van der Waals surface area contributed by atoms with Crippen molar-refractivity contribution < 1.29 is 14.6 Å². The van der Waals surface area contributed by atoms with Gasteiger partial charge < -0.3 is 9.84 Å². The highest BCUT2D eigenvalue weighted by molar-refractivity contribution is 6.12. The van der Waals surface area contributed by atoms with Crippen molar-refractivity contribution in [1.29, 1.82) is 0 Å². The average molecular weight is 268 g/mol. The van der Waals surface area contributed by atoms with E-state index in [2.05, 4.69) is 0 Å². The molecule has 0 saturated heterocycles. The van der Waals surface area contributed by atoms with Crippen LogP contribution in [0.5, 0.6) is 5.75 Å². The molecule has 102 valence electrons. The SMILES string of the molecule is O=C1c2ccccc2COc2ccc(CCCO)cc21. The number of hydrogen-bond acceptors (Lipinski definition) is 3. The maximum absolute atomic E-state index is 12.6. The highest BCUT2D eigenvalue weighted by Crippen LogP contribution is 2.29. The molecule has 2 aromatic carbocycles. The maximum Gasteiger partial charge on any atom is 0.197 e. The number of aliphatic hydroxyl groups is 1. The van der Waals surface area contributed by atoms with Crippen LogP contribution >= 0.6 is 0 Å². The first-order valence-corrected chi connectivity index (χ1v) is 6.79. The van der Waals surface area contributed by atoms with Crippen LogP contribution in [0.4, 0.5) is 0 Å². The van der Waals surface area contributed by atoms with Gasteiger partial charge in [-0.1, -0.05) is 30.3 Å². The molecule has 0 saturated carbocycles. The van der Waals surface area contributed by atoms with Gasteiger partial charge in [-0.25, -0.2) is 0 Å². The summed E-state index contributed by atoms with van der Waals surface area (Å²) >= 11 is 0. The van der Waals surface area contributed by atoms with E-state index >= 15 is 0 Å². The quantitative estimate of drug-likeness (QED) is 0.931. The van der Waals surface area contributed by atoms with Crippen LogP contribution in [0.15, 0.2) is 42.5 Å². The second-order valence-corrected chi connectivity index (χ2v) is 4.93. The van der Waals surface area contributed by atoms with Crippen molar-refractivity contribution in [2.45, 2.75) is 19.4 Å². The van der Waals surface area contributed by atoms with E-state index in [9.17, 15) is 4.79 Å². The Balaban J connectivity index is 2.02. The Labute approximate surface area is 117 Å². The van der Waals surface area contributed by atoms with Gasteiger partial charge in [0.25, 0.3) is 0 Å². The zero-order valence-electron chi connectivity index (χ0n) is 11.1. The molecule has 1 N–H and O–H groups in total. The molecule has 0 amide bonds. The van der Waals surface area contributed by atoms with E-state index in [1.165, 1.54) is 0 Å². The molecule has 0 fully saturated rings. The summed E-state index contributed by atoms with van der Waals surface area (Å²) in [6, 6.07) is 13.2. The molecule has 0 aliphatic carbocycles. The van der Waals surface area contributed by atoms with Crippen LogP contribution < -0.4 is 4.74 Å². The van der Waals surface area contributed by atoms with Gasteiger partial charge in [0.2, 0.25) is 0 Å². The third kappa shape index (κ3) is 2.32. The standard InChI is InChI=1S/C17H16O3/c18-9-3-4-12-7-8-16-15(10-12)17(19)14-6-2-1-5-13(14)11-20-16/h1-2,5-8,10,18H,3-4,9,11H2. The van der Waals surface area contributed by atoms with Crippen molar-refractivity contribution in [3.8, 4) is 5.75 Å². The van der Waals surface area contributed by atoms with E-state index in [1.54, 1.807) is 0 Å². The number of rotatable bonds is 3. The van der Waals surface area contributed by atoms with Gasteiger partial charge in [0, 0.05) is 17.7 Å². The summed E-state index contributed by atoms with van der Waals surface area (Å²) in [5.41, 5.74) is 3.30. The first-order chi connectivity index (χ1) is 9.79. The Morgan fingerprint density at radius 3 is 2.80 bits per heavy atom. The fraction of sp³-hybridized carbons (Fsp3) is 0.235. The molecule has 0 unspecified atom stereocenters. The smallest absolute Gasteiger partial charge is 0.197 e. The van der Waals surface area contributed by atoms with Crippen LogP contribution in [0, 0.1) is 0 Å². The molecule has 0 atom stereocenters. The Morgan fingerprint density at radius 2 is 1.95 bits per heavy atom. The summed E-state index contributed by atoms with van der Waals surface area (Å²) in [5.74, 6) is 0.651. The number of carbonyl (C=O) groups excluding carboxylic acids is 1. The number of hydrogen-bond donors (Lipinski definition) is 1. The maximum atomic E-state index is 12.6. The van der Waals surface area contributed by atoms with Crippen LogP contribution in [0.3, 0.4) is 0 Å². The Morgan fingerprint density at radius 1 is 1.10 bits per heavy atom. The van der Waals surface area contributed by atoms with Crippen molar-refractivity contribution in [2.24, 2.45) is 0 Å². The topological polar surface area (TPSA) is 46.5 Å². The molecule has 1 heterocycles. The minimum atomic E-state index is 0.0129. The lowest BCUT2D eigenvalue weighted by Crippen LogP contribution is -2.03. The van der Waals surface area contributed by atoms with Crippen molar-refractivity contribution in [1.82, 2.24) is 0 Å². The van der Waals surface area contributed by atoms with Crippen molar-refractivity contribution in [2.75, 3.05) is 6.61 Å². The molecule has 3 nitrogen and oxygen atoms in total. The Bertz CT molecular complexity index is 646. The number of ether oxygens (including phenoxy) is 1. The minimum absolute atomic E-state index is 0.0129. The van der Waals surface area contributed by atoms with Crippen LogP contribution in [-0.4, -0.2) is 17.5 Å². The van der Waals surface area contributed by atoms with Gasteiger partial charge in [-0.15, -0.1) is 0 Å². The number of aryl methyl sites for hydroxylation is 1. The monoisotopic (exact) mass is 268 g/mol. The lowest BCUT2D eigenvalue weighted by Gasteiger charge is -2.08. The molecule has 0 spiro atoms. The predicted octanol–water partition coefficient (Wildman–Crippen LogP) is 2.73. The summed E-state index contributed by atoms with van der Waals surface area (Å²) in [6.45, 7) is 0.579. The number of carbonyl (C=O) groups is 1. The van der Waals surface area contributed by atoms with E-state index in [4.69, 9.17) is 9.84 Å². The zero-order valence-corrected chi connectivity index (χ0v) is 11.1. The summed E-state index contributed by atoms with van der Waals surface area (Å²) < 4.78 is 5.73. The van der Waals surface area contributed by atoms with Crippen LogP contribution in [-0.2, 0) is 13.0 Å². The molecule has 1 aliphatic heterocycles. The van der Waals surface area contributed by atoms with E-state index < -0.39 is 0 Å². The van der Waals surface area contributed by atoms with Crippen LogP contribution in [0.2, 0.25) is 0 Å². The van der Waals surface area contributed by atoms with Crippen molar-refractivity contribution in [3.63, 3.8) is 0 Å². The van der Waals surface area contributed by atoms with Gasteiger partial charge in [-0.2, -0.15) is 0 Å². The van der Waals surface area contributed by atoms with Crippen molar-refractivity contribution in [3.05, 3.63) is 64.7 Å². The molecular weight excluding hydrogens is 252 g/mol. The Hall–Kier alpha value is -2.13. The lowest BCUT2D eigenvalue weighted by atomic mass is 9.97. The molecular formula is C17H16O3. The largest absolute Gasteiger partial charge is 0.488 e. The number of benzene rings is 2. The highest BCUT2D eigenvalue weighted by Gasteiger charge is 2.21. The minimum Gasteiger partial charge on any atom is -0.488 e. The summed E-state index contributed by atoms with van der Waals surface area (Å²) in [5, 5.41) is 8.90. The molecule has 3 rings (SSSR count). The average Bonchev–Trinajstić information content (AvgIpc) is 2.63. The van der Waals surface area contributed by atoms with Gasteiger partial charge in [0.15, 0.2) is 5.78 Å². The zero-order chi connectivity index (χ0) is 13.9. The summed E-state index contributed by atoms with van der Waals surface area (Å²) in [6.07, 6.45) is 1.46. The Kier molecular flexibility index (Phi) is 3.52. The molecule has 3 heteroatoms. The first kappa shape index (κ1) is 12.9. The normalized spacial score (nSPS) is 13.2. The van der Waals surface area contributed by atoms with Gasteiger partial charge in [0.05, 0.1) is 5.56 Å². The number of aliphatic hydroxyl groups excluding tert-OH is 1. The third-order valence-electron chi connectivity index (χ3n) is 3.56. The van der Waals surface area contributed by atoms with Gasteiger partial charge >= 0.3 is 0 Å².